The van der Waals surface area contributed by atoms with E-state index in [1.165, 1.54) is 30.5 Å². The van der Waals surface area contributed by atoms with Crippen LogP contribution in [0.5, 0.6) is 0 Å². The minimum absolute atomic E-state index is 0.116. The van der Waals surface area contributed by atoms with Gasteiger partial charge in [-0.15, -0.1) is 0 Å². The predicted molar refractivity (Wildman–Crippen MR) is 122 cm³/mol. The van der Waals surface area contributed by atoms with Gasteiger partial charge in [-0.25, -0.2) is 0 Å². The molecule has 4 nitrogen and oxygen atoms in total. The van der Waals surface area contributed by atoms with Crippen molar-refractivity contribution < 1.29 is 4.79 Å². The lowest BCUT2D eigenvalue weighted by Crippen LogP contribution is -2.42. The van der Waals surface area contributed by atoms with Gasteiger partial charge in [-0.2, -0.15) is 0 Å². The maximum atomic E-state index is 12.9. The van der Waals surface area contributed by atoms with Crippen molar-refractivity contribution >= 4 is 11.6 Å². The van der Waals surface area contributed by atoms with Crippen LogP contribution in [0.25, 0.3) is 0 Å². The van der Waals surface area contributed by atoms with Gasteiger partial charge in [0, 0.05) is 52.0 Å². The summed E-state index contributed by atoms with van der Waals surface area (Å²) in [4.78, 5) is 19.4. The summed E-state index contributed by atoms with van der Waals surface area (Å²) in [6, 6.07) is 16.6. The molecule has 0 spiro atoms. The van der Waals surface area contributed by atoms with E-state index in [9.17, 15) is 4.79 Å². The summed E-state index contributed by atoms with van der Waals surface area (Å²) in [7, 11) is 5.94. The van der Waals surface area contributed by atoms with Crippen molar-refractivity contribution in [2.75, 3.05) is 52.2 Å². The Morgan fingerprint density at radius 3 is 2.66 bits per heavy atom. The fraction of sp³-hybridized carbons (Fsp3) is 0.480. The summed E-state index contributed by atoms with van der Waals surface area (Å²) in [5, 5.41) is 0. The van der Waals surface area contributed by atoms with Crippen LogP contribution in [0.3, 0.4) is 0 Å². The molecule has 4 heteroatoms. The number of rotatable bonds is 7. The van der Waals surface area contributed by atoms with Crippen LogP contribution < -0.4 is 4.90 Å². The van der Waals surface area contributed by atoms with Crippen molar-refractivity contribution in [3.05, 3.63) is 65.2 Å². The molecule has 0 aliphatic carbocycles. The van der Waals surface area contributed by atoms with Crippen molar-refractivity contribution in [1.29, 1.82) is 0 Å². The lowest BCUT2D eigenvalue weighted by Gasteiger charge is -2.35. The highest BCUT2D eigenvalue weighted by molar-refractivity contribution is 5.95. The Balaban J connectivity index is 1.53. The number of carbonyl (C=O) groups excluding carboxylic acids is 1. The fourth-order valence-electron chi connectivity index (χ4n) is 4.28. The smallest absolute Gasteiger partial charge is 0.253 e. The fourth-order valence-corrected chi connectivity index (χ4v) is 4.28. The van der Waals surface area contributed by atoms with Gasteiger partial charge in [-0.3, -0.25) is 4.79 Å². The summed E-state index contributed by atoms with van der Waals surface area (Å²) in [5.41, 5.74) is 4.66. The normalized spacial score (nSPS) is 17.2. The van der Waals surface area contributed by atoms with E-state index in [1.807, 2.05) is 55.2 Å². The van der Waals surface area contributed by atoms with Crippen LogP contribution in [0.4, 0.5) is 5.69 Å². The first kappa shape index (κ1) is 21.4. The molecule has 1 saturated heterocycles. The number of hydrogen-bond acceptors (Lipinski definition) is 3. The number of anilines is 1. The molecule has 1 heterocycles. The quantitative estimate of drug-likeness (QED) is 0.709. The van der Waals surface area contributed by atoms with E-state index in [0.29, 0.717) is 5.92 Å². The number of nitrogens with zero attached hydrogens (tertiary/aromatic N) is 3. The molecular formula is C25H35N3O. The van der Waals surface area contributed by atoms with Gasteiger partial charge in [0.25, 0.3) is 5.91 Å². The Morgan fingerprint density at radius 2 is 1.90 bits per heavy atom. The third-order valence-electron chi connectivity index (χ3n) is 6.05. The minimum Gasteiger partial charge on any atom is -0.378 e. The molecule has 1 aliphatic rings. The van der Waals surface area contributed by atoms with E-state index in [4.69, 9.17) is 0 Å². The first-order valence-electron chi connectivity index (χ1n) is 10.7. The first-order chi connectivity index (χ1) is 13.9. The summed E-state index contributed by atoms with van der Waals surface area (Å²) in [6.07, 6.45) is 3.53. The Bertz CT molecular complexity index is 817. The van der Waals surface area contributed by atoms with E-state index in [2.05, 4.69) is 36.1 Å². The summed E-state index contributed by atoms with van der Waals surface area (Å²) < 4.78 is 0. The van der Waals surface area contributed by atoms with E-state index in [0.717, 1.165) is 37.3 Å². The molecule has 0 radical (unpaired) electrons. The van der Waals surface area contributed by atoms with Crippen LogP contribution in [0, 0.1) is 12.8 Å². The third kappa shape index (κ3) is 5.83. The Labute approximate surface area is 176 Å². The molecule has 0 N–H and O–H groups in total. The van der Waals surface area contributed by atoms with Gasteiger partial charge in [0.2, 0.25) is 0 Å². The van der Waals surface area contributed by atoms with Crippen LogP contribution in [-0.4, -0.2) is 63.0 Å². The van der Waals surface area contributed by atoms with Crippen LogP contribution in [0.1, 0.15) is 34.3 Å². The van der Waals surface area contributed by atoms with Crippen molar-refractivity contribution in [2.45, 2.75) is 26.2 Å². The zero-order valence-corrected chi connectivity index (χ0v) is 18.4. The Kier molecular flexibility index (Phi) is 7.32. The molecule has 1 unspecified atom stereocenters. The van der Waals surface area contributed by atoms with Gasteiger partial charge in [0.15, 0.2) is 0 Å². The topological polar surface area (TPSA) is 26.8 Å². The molecule has 156 valence electrons. The van der Waals surface area contributed by atoms with Crippen molar-refractivity contribution in [3.63, 3.8) is 0 Å². The average molecular weight is 394 g/mol. The number of likely N-dealkylation sites (tertiary alicyclic amines) is 1. The monoisotopic (exact) mass is 393 g/mol. The number of carbonyl (C=O) groups is 1. The summed E-state index contributed by atoms with van der Waals surface area (Å²) >= 11 is 0. The molecule has 0 aromatic heterocycles. The van der Waals surface area contributed by atoms with Gasteiger partial charge < -0.3 is 14.7 Å². The Morgan fingerprint density at radius 1 is 1.10 bits per heavy atom. The highest BCUT2D eigenvalue weighted by Gasteiger charge is 2.23. The second kappa shape index (κ2) is 9.93. The van der Waals surface area contributed by atoms with E-state index in [-0.39, 0.29) is 5.91 Å². The molecule has 3 rings (SSSR count). The number of benzene rings is 2. The lowest BCUT2D eigenvalue weighted by atomic mass is 9.96. The van der Waals surface area contributed by atoms with Crippen molar-refractivity contribution in [2.24, 2.45) is 5.92 Å². The molecular weight excluding hydrogens is 358 g/mol. The second-order valence-corrected chi connectivity index (χ2v) is 8.62. The van der Waals surface area contributed by atoms with Gasteiger partial charge >= 0.3 is 0 Å². The predicted octanol–water partition coefficient (Wildman–Crippen LogP) is 4.09. The zero-order valence-electron chi connectivity index (χ0n) is 18.4. The number of piperidine rings is 1. The maximum absolute atomic E-state index is 12.9. The molecule has 2 aromatic rings. The van der Waals surface area contributed by atoms with Crippen molar-refractivity contribution in [3.8, 4) is 0 Å². The molecule has 29 heavy (non-hydrogen) atoms. The molecule has 1 aliphatic heterocycles. The molecule has 0 bridgehead atoms. The molecule has 2 aromatic carbocycles. The van der Waals surface area contributed by atoms with Gasteiger partial charge in [0.05, 0.1) is 0 Å². The van der Waals surface area contributed by atoms with Crippen LogP contribution in [0.15, 0.2) is 48.5 Å². The number of amides is 1. The van der Waals surface area contributed by atoms with Crippen LogP contribution >= 0.6 is 0 Å². The van der Waals surface area contributed by atoms with E-state index >= 15 is 0 Å². The average Bonchev–Trinajstić information content (AvgIpc) is 2.73. The largest absolute Gasteiger partial charge is 0.378 e. The third-order valence-corrected chi connectivity index (χ3v) is 6.05. The van der Waals surface area contributed by atoms with Gasteiger partial charge in [-0.05, 0) is 68.0 Å². The molecule has 1 fully saturated rings. The zero-order chi connectivity index (χ0) is 20.8. The molecule has 1 amide bonds. The van der Waals surface area contributed by atoms with Crippen LogP contribution in [0.2, 0.25) is 0 Å². The van der Waals surface area contributed by atoms with Crippen molar-refractivity contribution in [1.82, 2.24) is 9.80 Å². The lowest BCUT2D eigenvalue weighted by molar-refractivity contribution is 0.0730. The SMILES string of the molecule is Cc1ccccc1CCN1CCCC(CN(C)C(=O)c2cccc(N(C)C)c2)C1. The van der Waals surface area contributed by atoms with E-state index < -0.39 is 0 Å². The summed E-state index contributed by atoms with van der Waals surface area (Å²) in [5.74, 6) is 0.664. The Hall–Kier alpha value is -2.33. The van der Waals surface area contributed by atoms with E-state index in [1.54, 1.807) is 0 Å². The highest BCUT2D eigenvalue weighted by atomic mass is 16.2. The first-order valence-corrected chi connectivity index (χ1v) is 10.7. The molecule has 1 atom stereocenters. The van der Waals surface area contributed by atoms with Gasteiger partial charge in [-0.1, -0.05) is 30.3 Å². The highest BCUT2D eigenvalue weighted by Crippen LogP contribution is 2.20. The van der Waals surface area contributed by atoms with Gasteiger partial charge in [0.1, 0.15) is 0 Å². The van der Waals surface area contributed by atoms with Crippen LogP contribution in [-0.2, 0) is 6.42 Å². The maximum Gasteiger partial charge on any atom is 0.253 e. The number of hydrogen-bond donors (Lipinski definition) is 0. The molecule has 0 saturated carbocycles. The second-order valence-electron chi connectivity index (χ2n) is 8.62. The standard InChI is InChI=1S/C25H35N3O/c1-20-9-5-6-11-22(20)14-16-28-15-8-10-21(19-28)18-27(4)25(29)23-12-7-13-24(17-23)26(2)3/h5-7,9,11-13,17,21H,8,10,14-16,18-19H2,1-4H3. The summed E-state index contributed by atoms with van der Waals surface area (Å²) in [6.45, 7) is 6.38. The minimum atomic E-state index is 0.116. The number of aryl methyl sites for hydroxylation is 1.